The van der Waals surface area contributed by atoms with Crippen LogP contribution in [0.2, 0.25) is 0 Å². The van der Waals surface area contributed by atoms with E-state index in [0.717, 1.165) is 5.92 Å². The van der Waals surface area contributed by atoms with Gasteiger partial charge in [0.2, 0.25) is 0 Å². The van der Waals surface area contributed by atoms with Crippen LogP contribution in [0.25, 0.3) is 0 Å². The maximum atomic E-state index is 2.33. The summed E-state index contributed by atoms with van der Waals surface area (Å²) in [5.74, 6) is 0.870. The molecule has 62 valence electrons. The zero-order valence-corrected chi connectivity index (χ0v) is 7.85. The standard InChI is InChI=1S/C9H21N/c1-5-6-7-9(2)8-10(3)4/h9H,5-8H2,1-4H3. The van der Waals surface area contributed by atoms with E-state index in [1.54, 1.807) is 0 Å². The molecule has 0 amide bonds. The molecule has 0 bridgehead atoms. The van der Waals surface area contributed by atoms with Crippen LogP contribution in [0, 0.1) is 5.92 Å². The van der Waals surface area contributed by atoms with Crippen LogP contribution in [-0.2, 0) is 0 Å². The molecule has 1 nitrogen and oxygen atoms in total. The van der Waals surface area contributed by atoms with Gasteiger partial charge in [0.15, 0.2) is 0 Å². The minimum atomic E-state index is 0.870. The van der Waals surface area contributed by atoms with Gasteiger partial charge in [-0.1, -0.05) is 26.7 Å². The van der Waals surface area contributed by atoms with Gasteiger partial charge in [0.25, 0.3) is 0 Å². The number of hydrogen-bond acceptors (Lipinski definition) is 1. The van der Waals surface area contributed by atoms with E-state index in [1.165, 1.54) is 25.8 Å². The van der Waals surface area contributed by atoms with E-state index in [1.807, 2.05) is 0 Å². The monoisotopic (exact) mass is 143 g/mol. The fraction of sp³-hybridized carbons (Fsp3) is 1.00. The second kappa shape index (κ2) is 5.72. The molecule has 0 radical (unpaired) electrons. The Morgan fingerprint density at radius 1 is 1.30 bits per heavy atom. The van der Waals surface area contributed by atoms with Crippen LogP contribution < -0.4 is 0 Å². The predicted molar refractivity (Wildman–Crippen MR) is 47.2 cm³/mol. The maximum Gasteiger partial charge on any atom is 0.0000919 e. The van der Waals surface area contributed by atoms with Gasteiger partial charge < -0.3 is 4.90 Å². The van der Waals surface area contributed by atoms with Gasteiger partial charge in [0.05, 0.1) is 0 Å². The third-order valence-corrected chi connectivity index (χ3v) is 1.73. The average Bonchev–Trinajstić information content (AvgIpc) is 1.82. The van der Waals surface area contributed by atoms with E-state index >= 15 is 0 Å². The lowest BCUT2D eigenvalue weighted by Crippen LogP contribution is -2.19. The van der Waals surface area contributed by atoms with Gasteiger partial charge in [-0.15, -0.1) is 0 Å². The molecule has 1 atom stereocenters. The summed E-state index contributed by atoms with van der Waals surface area (Å²) >= 11 is 0. The van der Waals surface area contributed by atoms with E-state index in [4.69, 9.17) is 0 Å². The molecule has 0 saturated carbocycles. The molecule has 0 saturated heterocycles. The molecule has 10 heavy (non-hydrogen) atoms. The maximum absolute atomic E-state index is 2.33. The predicted octanol–water partition coefficient (Wildman–Crippen LogP) is 2.37. The SMILES string of the molecule is CCCCC(C)CN(C)C. The lowest BCUT2D eigenvalue weighted by atomic mass is 10.0. The normalized spacial score (nSPS) is 14.1. The summed E-state index contributed by atoms with van der Waals surface area (Å²) in [5.41, 5.74) is 0. The molecule has 0 heterocycles. The molecule has 0 aromatic rings. The summed E-state index contributed by atoms with van der Waals surface area (Å²) in [7, 11) is 4.28. The van der Waals surface area contributed by atoms with Gasteiger partial charge >= 0.3 is 0 Å². The lowest BCUT2D eigenvalue weighted by Gasteiger charge is -2.15. The molecule has 0 spiro atoms. The number of nitrogens with zero attached hydrogens (tertiary/aromatic N) is 1. The molecular formula is C9H21N. The first-order valence-corrected chi connectivity index (χ1v) is 4.31. The third kappa shape index (κ3) is 6.09. The van der Waals surface area contributed by atoms with Crippen LogP contribution in [0.15, 0.2) is 0 Å². The first kappa shape index (κ1) is 9.96. The Morgan fingerprint density at radius 3 is 2.30 bits per heavy atom. The average molecular weight is 143 g/mol. The van der Waals surface area contributed by atoms with Crippen molar-refractivity contribution in [3.63, 3.8) is 0 Å². The van der Waals surface area contributed by atoms with Gasteiger partial charge in [-0.2, -0.15) is 0 Å². The Hall–Kier alpha value is -0.0400. The van der Waals surface area contributed by atoms with Crippen molar-refractivity contribution in [1.29, 1.82) is 0 Å². The van der Waals surface area contributed by atoms with Gasteiger partial charge in [-0.05, 0) is 26.4 Å². The van der Waals surface area contributed by atoms with Crippen molar-refractivity contribution in [2.24, 2.45) is 5.92 Å². The second-order valence-electron chi connectivity index (χ2n) is 3.51. The molecule has 0 rings (SSSR count). The Kier molecular flexibility index (Phi) is 5.70. The van der Waals surface area contributed by atoms with Gasteiger partial charge in [-0.3, -0.25) is 0 Å². The third-order valence-electron chi connectivity index (χ3n) is 1.73. The Morgan fingerprint density at radius 2 is 1.90 bits per heavy atom. The highest BCUT2D eigenvalue weighted by Crippen LogP contribution is 2.07. The lowest BCUT2D eigenvalue weighted by molar-refractivity contribution is 0.323. The summed E-state index contributed by atoms with van der Waals surface area (Å²) in [6, 6.07) is 0. The van der Waals surface area contributed by atoms with E-state index in [2.05, 4.69) is 32.8 Å². The highest BCUT2D eigenvalue weighted by atomic mass is 15.1. The van der Waals surface area contributed by atoms with E-state index < -0.39 is 0 Å². The van der Waals surface area contributed by atoms with Crippen molar-refractivity contribution in [2.75, 3.05) is 20.6 Å². The summed E-state index contributed by atoms with van der Waals surface area (Å²) in [6.45, 7) is 5.82. The van der Waals surface area contributed by atoms with Crippen LogP contribution in [-0.4, -0.2) is 25.5 Å². The van der Waals surface area contributed by atoms with Gasteiger partial charge in [0.1, 0.15) is 0 Å². The molecule has 0 aromatic carbocycles. The Labute approximate surface area is 65.4 Å². The molecule has 1 unspecified atom stereocenters. The summed E-state index contributed by atoms with van der Waals surface area (Å²) in [4.78, 5) is 2.26. The number of unbranched alkanes of at least 4 members (excludes halogenated alkanes) is 1. The zero-order valence-electron chi connectivity index (χ0n) is 7.85. The van der Waals surface area contributed by atoms with E-state index in [9.17, 15) is 0 Å². The van der Waals surface area contributed by atoms with Crippen molar-refractivity contribution in [1.82, 2.24) is 4.90 Å². The van der Waals surface area contributed by atoms with Crippen LogP contribution in [0.3, 0.4) is 0 Å². The van der Waals surface area contributed by atoms with Crippen molar-refractivity contribution >= 4 is 0 Å². The van der Waals surface area contributed by atoms with Crippen LogP contribution in [0.4, 0.5) is 0 Å². The molecular weight excluding hydrogens is 122 g/mol. The molecule has 0 fully saturated rings. The highest BCUT2D eigenvalue weighted by Gasteiger charge is 2.01. The molecule has 0 aromatic heterocycles. The summed E-state index contributed by atoms with van der Waals surface area (Å²) in [5, 5.41) is 0. The fourth-order valence-corrected chi connectivity index (χ4v) is 1.27. The smallest absolute Gasteiger partial charge is 0.0000919 e. The van der Waals surface area contributed by atoms with Crippen LogP contribution in [0.1, 0.15) is 33.1 Å². The molecule has 0 aliphatic carbocycles. The molecule has 0 aliphatic rings. The molecule has 0 aliphatic heterocycles. The number of hydrogen-bond donors (Lipinski definition) is 0. The van der Waals surface area contributed by atoms with Crippen molar-refractivity contribution in [2.45, 2.75) is 33.1 Å². The quantitative estimate of drug-likeness (QED) is 0.571. The first-order valence-electron chi connectivity index (χ1n) is 4.31. The van der Waals surface area contributed by atoms with E-state index in [0.29, 0.717) is 0 Å². The molecule has 0 N–H and O–H groups in total. The van der Waals surface area contributed by atoms with Crippen LogP contribution >= 0.6 is 0 Å². The van der Waals surface area contributed by atoms with Crippen LogP contribution in [0.5, 0.6) is 0 Å². The number of rotatable bonds is 5. The Balaban J connectivity index is 3.16. The fourth-order valence-electron chi connectivity index (χ4n) is 1.27. The van der Waals surface area contributed by atoms with Gasteiger partial charge in [0, 0.05) is 6.54 Å². The van der Waals surface area contributed by atoms with Crippen molar-refractivity contribution in [3.8, 4) is 0 Å². The summed E-state index contributed by atoms with van der Waals surface area (Å²) < 4.78 is 0. The Bertz CT molecular complexity index is 69.1. The highest BCUT2D eigenvalue weighted by molar-refractivity contribution is 4.55. The zero-order chi connectivity index (χ0) is 7.98. The minimum Gasteiger partial charge on any atom is -0.309 e. The second-order valence-corrected chi connectivity index (χ2v) is 3.51. The summed E-state index contributed by atoms with van der Waals surface area (Å²) in [6.07, 6.45) is 4.10. The van der Waals surface area contributed by atoms with Crippen molar-refractivity contribution in [3.05, 3.63) is 0 Å². The molecule has 1 heteroatoms. The van der Waals surface area contributed by atoms with Gasteiger partial charge in [-0.25, -0.2) is 0 Å². The first-order chi connectivity index (χ1) is 4.66. The largest absolute Gasteiger partial charge is 0.309 e. The minimum absolute atomic E-state index is 0.870. The van der Waals surface area contributed by atoms with Crippen molar-refractivity contribution < 1.29 is 0 Å². The topological polar surface area (TPSA) is 3.24 Å². The van der Waals surface area contributed by atoms with E-state index in [-0.39, 0.29) is 0 Å².